The highest BCUT2D eigenvalue weighted by Gasteiger charge is 2.21. The molecule has 0 fully saturated rings. The summed E-state index contributed by atoms with van der Waals surface area (Å²) < 4.78 is 0. The van der Waals surface area contributed by atoms with E-state index in [0.717, 1.165) is 0 Å². The maximum atomic E-state index is 10.3. The number of hydrogen-bond donors (Lipinski definition) is 3. The van der Waals surface area contributed by atoms with Gasteiger partial charge in [-0.15, -0.1) is 0 Å². The van der Waals surface area contributed by atoms with Gasteiger partial charge < -0.3 is 15.3 Å². The quantitative estimate of drug-likeness (QED) is 0.497. The fraction of sp³-hybridized carbons (Fsp3) is 0.444. The number of aliphatic hydroxyl groups excluding tert-OH is 2. The van der Waals surface area contributed by atoms with Gasteiger partial charge in [-0.3, -0.25) is 4.79 Å². The van der Waals surface area contributed by atoms with Crippen LogP contribution in [0.15, 0.2) is 17.6 Å². The number of aromatic nitrogens is 2. The summed E-state index contributed by atoms with van der Waals surface area (Å²) in [5.74, 6) is -1.17. The Bertz CT molecular complexity index is 357. The summed E-state index contributed by atoms with van der Waals surface area (Å²) in [6, 6.07) is 0. The van der Waals surface area contributed by atoms with E-state index in [0.29, 0.717) is 10.7 Å². The third-order valence-corrected chi connectivity index (χ3v) is 2.50. The number of aliphatic hydroxyl groups is 2. The third kappa shape index (κ3) is 3.44. The number of carbonyl (C=O) groups is 1. The lowest BCUT2D eigenvalue weighted by molar-refractivity contribution is -0.141. The van der Waals surface area contributed by atoms with Crippen LogP contribution in [0.5, 0.6) is 0 Å². The van der Waals surface area contributed by atoms with E-state index in [1.165, 1.54) is 24.2 Å². The molecule has 16 heavy (non-hydrogen) atoms. The monoisotopic (exact) mass is 244 g/mol. The van der Waals surface area contributed by atoms with E-state index in [-0.39, 0.29) is 0 Å². The Morgan fingerprint density at radius 3 is 2.44 bits per heavy atom. The van der Waals surface area contributed by atoms with Crippen molar-refractivity contribution in [1.82, 2.24) is 9.97 Å². The van der Waals surface area contributed by atoms with E-state index in [9.17, 15) is 15.0 Å². The van der Waals surface area contributed by atoms with Crippen molar-refractivity contribution in [3.05, 3.63) is 18.0 Å². The molecule has 0 aliphatic rings. The second-order valence-corrected chi connectivity index (χ2v) is 3.89. The van der Waals surface area contributed by atoms with Gasteiger partial charge in [-0.1, -0.05) is 11.8 Å². The van der Waals surface area contributed by atoms with E-state index in [1.54, 1.807) is 0 Å². The molecule has 2 unspecified atom stereocenters. The van der Waals surface area contributed by atoms with Crippen LogP contribution in [0.25, 0.3) is 0 Å². The van der Waals surface area contributed by atoms with E-state index < -0.39 is 24.6 Å². The summed E-state index contributed by atoms with van der Waals surface area (Å²) in [7, 11) is 0. The first-order valence-electron chi connectivity index (χ1n) is 4.48. The fourth-order valence-electron chi connectivity index (χ4n) is 1.10. The van der Waals surface area contributed by atoms with Gasteiger partial charge in [-0.2, -0.15) is 0 Å². The number of rotatable bonds is 5. The summed E-state index contributed by atoms with van der Waals surface area (Å²) >= 11 is 1.35. The SMILES string of the molecule is CSc1ncc(C(O)C(O)CC(=O)O)cn1. The minimum Gasteiger partial charge on any atom is -0.481 e. The number of carboxylic acid groups (broad SMARTS) is 1. The Hall–Kier alpha value is -1.18. The Labute approximate surface area is 96.4 Å². The van der Waals surface area contributed by atoms with Crippen LogP contribution in [-0.4, -0.2) is 43.6 Å². The average molecular weight is 244 g/mol. The standard InChI is InChI=1S/C9H12N2O4S/c1-16-9-10-3-5(4-11-9)8(15)6(12)2-7(13)14/h3-4,6,8,12,15H,2H2,1H3,(H,13,14). The smallest absolute Gasteiger partial charge is 0.306 e. The van der Waals surface area contributed by atoms with Crippen LogP contribution in [0.3, 0.4) is 0 Å². The van der Waals surface area contributed by atoms with Gasteiger partial charge >= 0.3 is 5.97 Å². The molecule has 1 aromatic heterocycles. The van der Waals surface area contributed by atoms with E-state index in [2.05, 4.69) is 9.97 Å². The number of nitrogens with zero attached hydrogens (tertiary/aromatic N) is 2. The number of carboxylic acids is 1. The first-order chi connectivity index (χ1) is 7.54. The van der Waals surface area contributed by atoms with Crippen LogP contribution >= 0.6 is 11.8 Å². The van der Waals surface area contributed by atoms with Gasteiger partial charge in [0, 0.05) is 18.0 Å². The molecule has 88 valence electrons. The van der Waals surface area contributed by atoms with Crippen LogP contribution < -0.4 is 0 Å². The summed E-state index contributed by atoms with van der Waals surface area (Å²) in [4.78, 5) is 18.2. The van der Waals surface area contributed by atoms with Crippen molar-refractivity contribution in [1.29, 1.82) is 0 Å². The van der Waals surface area contributed by atoms with Crippen LogP contribution in [0, 0.1) is 0 Å². The van der Waals surface area contributed by atoms with Crippen LogP contribution in [0.1, 0.15) is 18.1 Å². The lowest BCUT2D eigenvalue weighted by Gasteiger charge is -2.15. The molecule has 0 aliphatic carbocycles. The lowest BCUT2D eigenvalue weighted by atomic mass is 10.1. The summed E-state index contributed by atoms with van der Waals surface area (Å²) in [6.45, 7) is 0. The Morgan fingerprint density at radius 1 is 1.44 bits per heavy atom. The van der Waals surface area contributed by atoms with E-state index >= 15 is 0 Å². The zero-order valence-electron chi connectivity index (χ0n) is 8.57. The highest BCUT2D eigenvalue weighted by Crippen LogP contribution is 2.18. The molecular weight excluding hydrogens is 232 g/mol. The zero-order chi connectivity index (χ0) is 12.1. The predicted molar refractivity (Wildman–Crippen MR) is 57.0 cm³/mol. The Morgan fingerprint density at radius 2 is 2.00 bits per heavy atom. The first kappa shape index (κ1) is 12.9. The molecule has 0 saturated heterocycles. The van der Waals surface area contributed by atoms with Crippen molar-refractivity contribution >= 4 is 17.7 Å². The number of thioether (sulfide) groups is 1. The van der Waals surface area contributed by atoms with Gasteiger partial charge in [-0.05, 0) is 6.26 Å². The number of hydrogen-bond acceptors (Lipinski definition) is 6. The van der Waals surface area contributed by atoms with Crippen molar-refractivity contribution < 1.29 is 20.1 Å². The molecule has 0 amide bonds. The van der Waals surface area contributed by atoms with Crippen molar-refractivity contribution in [2.75, 3.05) is 6.26 Å². The molecule has 7 heteroatoms. The van der Waals surface area contributed by atoms with Gasteiger partial charge in [0.1, 0.15) is 6.10 Å². The molecule has 0 spiro atoms. The Balaban J connectivity index is 2.71. The fourth-order valence-corrected chi connectivity index (χ4v) is 1.41. The minimum absolute atomic E-state index is 0.298. The van der Waals surface area contributed by atoms with Gasteiger partial charge in [0.2, 0.25) is 0 Å². The van der Waals surface area contributed by atoms with E-state index in [1.807, 2.05) is 6.26 Å². The topological polar surface area (TPSA) is 104 Å². The molecule has 3 N–H and O–H groups in total. The van der Waals surface area contributed by atoms with Crippen molar-refractivity contribution in [3.63, 3.8) is 0 Å². The molecule has 0 aromatic carbocycles. The molecule has 0 aliphatic heterocycles. The molecule has 6 nitrogen and oxygen atoms in total. The van der Waals surface area contributed by atoms with E-state index in [4.69, 9.17) is 5.11 Å². The Kier molecular flexibility index (Phi) is 4.66. The lowest BCUT2D eigenvalue weighted by Crippen LogP contribution is -2.22. The summed E-state index contributed by atoms with van der Waals surface area (Å²) in [6.07, 6.45) is 1.38. The van der Waals surface area contributed by atoms with Gasteiger partial charge in [0.25, 0.3) is 0 Å². The molecule has 1 aromatic rings. The van der Waals surface area contributed by atoms with Crippen molar-refractivity contribution in [2.45, 2.75) is 23.8 Å². The molecule has 1 heterocycles. The average Bonchev–Trinajstić information content (AvgIpc) is 2.27. The molecule has 0 bridgehead atoms. The zero-order valence-corrected chi connectivity index (χ0v) is 9.39. The van der Waals surface area contributed by atoms with Gasteiger partial charge in [0.15, 0.2) is 5.16 Å². The largest absolute Gasteiger partial charge is 0.481 e. The molecule has 1 rings (SSSR count). The summed E-state index contributed by atoms with van der Waals surface area (Å²) in [5.41, 5.74) is 0.298. The number of aliphatic carboxylic acids is 1. The van der Waals surface area contributed by atoms with Gasteiger partial charge in [0.05, 0.1) is 12.5 Å². The van der Waals surface area contributed by atoms with Crippen molar-refractivity contribution in [2.24, 2.45) is 0 Å². The minimum atomic E-state index is -1.36. The third-order valence-electron chi connectivity index (χ3n) is 1.92. The highest BCUT2D eigenvalue weighted by atomic mass is 32.2. The molecular formula is C9H12N2O4S. The first-order valence-corrected chi connectivity index (χ1v) is 5.71. The molecule has 2 atom stereocenters. The van der Waals surface area contributed by atoms with Crippen LogP contribution in [0.4, 0.5) is 0 Å². The van der Waals surface area contributed by atoms with Crippen LogP contribution in [0.2, 0.25) is 0 Å². The maximum absolute atomic E-state index is 10.3. The normalized spacial score (nSPS) is 14.4. The maximum Gasteiger partial charge on any atom is 0.306 e. The summed E-state index contributed by atoms with van der Waals surface area (Å²) in [5, 5.41) is 28.0. The van der Waals surface area contributed by atoms with Crippen molar-refractivity contribution in [3.8, 4) is 0 Å². The highest BCUT2D eigenvalue weighted by molar-refractivity contribution is 7.98. The second kappa shape index (κ2) is 5.78. The van der Waals surface area contributed by atoms with Gasteiger partial charge in [-0.25, -0.2) is 9.97 Å². The predicted octanol–water partition coefficient (Wildman–Crippen LogP) is 0.0675. The molecule has 0 radical (unpaired) electrons. The second-order valence-electron chi connectivity index (χ2n) is 3.11. The van der Waals surface area contributed by atoms with Crippen LogP contribution in [-0.2, 0) is 4.79 Å². The molecule has 0 saturated carbocycles.